The van der Waals surface area contributed by atoms with Crippen molar-refractivity contribution in [2.45, 2.75) is 20.0 Å². The predicted octanol–water partition coefficient (Wildman–Crippen LogP) is 6.53. The van der Waals surface area contributed by atoms with E-state index in [-0.39, 0.29) is 5.91 Å². The Morgan fingerprint density at radius 1 is 1.06 bits per heavy atom. The number of methoxy groups -OCH3 is 1. The molecule has 0 saturated carbocycles. The lowest BCUT2D eigenvalue weighted by Gasteiger charge is -2.17. The topological polar surface area (TPSA) is 34.5 Å². The van der Waals surface area contributed by atoms with Gasteiger partial charge in [-0.2, -0.15) is 13.2 Å². The number of ether oxygens (including phenoxy) is 1. The van der Waals surface area contributed by atoms with Gasteiger partial charge in [0, 0.05) is 17.1 Å². The first-order chi connectivity index (χ1) is 15.6. The zero-order valence-corrected chi connectivity index (χ0v) is 19.6. The summed E-state index contributed by atoms with van der Waals surface area (Å²) in [5.41, 5.74) is 2.44. The van der Waals surface area contributed by atoms with Crippen molar-refractivity contribution in [1.29, 1.82) is 0 Å². The van der Waals surface area contributed by atoms with Crippen LogP contribution in [0.5, 0.6) is 5.75 Å². The lowest BCUT2D eigenvalue weighted by atomic mass is 10.2. The Kier molecular flexibility index (Phi) is 6.11. The molecule has 3 aromatic rings. The maximum Gasteiger partial charge on any atom is 0.416 e. The molecule has 1 saturated heterocycles. The first-order valence-electron chi connectivity index (χ1n) is 9.89. The van der Waals surface area contributed by atoms with E-state index in [2.05, 4.69) is 0 Å². The number of para-hydroxylation sites is 2. The standard InChI is InChI=1S/C24H19F3N2O2S2/c1-14-11-16(15(2)28(14)18-8-6-7-17(13-18)24(25,26)27)12-21-22(30)29(23(32)33-21)19-9-4-5-10-20(19)31-3/h4-13H,1-3H3/b21-12-. The quantitative estimate of drug-likeness (QED) is 0.309. The lowest BCUT2D eigenvalue weighted by Crippen LogP contribution is -2.27. The number of nitrogens with zero attached hydrogens (tertiary/aromatic N) is 2. The van der Waals surface area contributed by atoms with E-state index in [0.717, 1.165) is 29.1 Å². The molecule has 170 valence electrons. The fourth-order valence-corrected chi connectivity index (χ4v) is 5.06. The van der Waals surface area contributed by atoms with Gasteiger partial charge < -0.3 is 9.30 Å². The van der Waals surface area contributed by atoms with Crippen LogP contribution in [0, 0.1) is 13.8 Å². The predicted molar refractivity (Wildman–Crippen MR) is 129 cm³/mol. The number of anilines is 1. The molecule has 1 fully saturated rings. The van der Waals surface area contributed by atoms with Crippen LogP contribution in [0.3, 0.4) is 0 Å². The summed E-state index contributed by atoms with van der Waals surface area (Å²) in [6.45, 7) is 3.62. The molecule has 4 rings (SSSR count). The van der Waals surface area contributed by atoms with Crippen molar-refractivity contribution in [3.63, 3.8) is 0 Å². The van der Waals surface area contributed by atoms with Gasteiger partial charge in [0.2, 0.25) is 0 Å². The highest BCUT2D eigenvalue weighted by Gasteiger charge is 2.35. The summed E-state index contributed by atoms with van der Waals surface area (Å²) in [7, 11) is 1.52. The van der Waals surface area contributed by atoms with Gasteiger partial charge in [0.25, 0.3) is 5.91 Å². The van der Waals surface area contributed by atoms with E-state index in [0.29, 0.717) is 26.3 Å². The van der Waals surface area contributed by atoms with E-state index in [9.17, 15) is 18.0 Å². The van der Waals surface area contributed by atoms with Gasteiger partial charge in [-0.1, -0.05) is 42.2 Å². The second kappa shape index (κ2) is 8.72. The lowest BCUT2D eigenvalue weighted by molar-refractivity contribution is -0.137. The summed E-state index contributed by atoms with van der Waals surface area (Å²) in [4.78, 5) is 15.0. The van der Waals surface area contributed by atoms with Crippen LogP contribution in [0.25, 0.3) is 11.8 Å². The van der Waals surface area contributed by atoms with Crippen molar-refractivity contribution in [1.82, 2.24) is 4.57 Å². The molecule has 0 radical (unpaired) electrons. The third-order valence-corrected chi connectivity index (χ3v) is 6.61. The largest absolute Gasteiger partial charge is 0.495 e. The minimum absolute atomic E-state index is 0.279. The maximum atomic E-state index is 13.2. The molecule has 0 spiro atoms. The number of amides is 1. The van der Waals surface area contributed by atoms with Gasteiger partial charge in [0.15, 0.2) is 4.32 Å². The number of rotatable bonds is 4. The van der Waals surface area contributed by atoms with Gasteiger partial charge in [-0.05, 0) is 61.9 Å². The Balaban J connectivity index is 1.72. The van der Waals surface area contributed by atoms with Crippen molar-refractivity contribution >= 4 is 46.0 Å². The smallest absolute Gasteiger partial charge is 0.416 e. The van der Waals surface area contributed by atoms with Gasteiger partial charge in [0.1, 0.15) is 5.75 Å². The second-order valence-electron chi connectivity index (χ2n) is 7.40. The maximum absolute atomic E-state index is 13.2. The molecule has 0 unspecified atom stereocenters. The van der Waals surface area contributed by atoms with Crippen molar-refractivity contribution in [3.05, 3.63) is 82.0 Å². The molecular formula is C24H19F3N2O2S2. The number of alkyl halides is 3. The van der Waals surface area contributed by atoms with E-state index in [1.54, 1.807) is 47.9 Å². The minimum Gasteiger partial charge on any atom is -0.495 e. The van der Waals surface area contributed by atoms with Crippen LogP contribution >= 0.6 is 24.0 Å². The number of carbonyl (C=O) groups is 1. The molecule has 33 heavy (non-hydrogen) atoms. The number of benzene rings is 2. The number of hydrogen-bond donors (Lipinski definition) is 0. The molecular weight excluding hydrogens is 469 g/mol. The number of halogens is 3. The minimum atomic E-state index is -4.43. The highest BCUT2D eigenvalue weighted by atomic mass is 32.2. The van der Waals surface area contributed by atoms with Gasteiger partial charge in [-0.3, -0.25) is 9.69 Å². The van der Waals surface area contributed by atoms with Crippen LogP contribution in [0.1, 0.15) is 22.5 Å². The Labute approximate surface area is 198 Å². The number of aromatic nitrogens is 1. The van der Waals surface area contributed by atoms with Crippen LogP contribution in [-0.2, 0) is 11.0 Å². The molecule has 0 atom stereocenters. The average molecular weight is 489 g/mol. The van der Waals surface area contributed by atoms with E-state index in [1.165, 1.54) is 29.8 Å². The van der Waals surface area contributed by atoms with Crippen LogP contribution in [0.15, 0.2) is 59.5 Å². The molecule has 1 aliphatic rings. The molecule has 1 aliphatic heterocycles. The van der Waals surface area contributed by atoms with Crippen molar-refractivity contribution < 1.29 is 22.7 Å². The SMILES string of the molecule is COc1ccccc1N1C(=O)/C(=C/c2cc(C)n(-c3cccc(C(F)(F)F)c3)c2C)SC1=S. The Bertz CT molecular complexity index is 1300. The summed E-state index contributed by atoms with van der Waals surface area (Å²) in [6.07, 6.45) is -2.71. The monoisotopic (exact) mass is 488 g/mol. The first kappa shape index (κ1) is 23.1. The van der Waals surface area contributed by atoms with Crippen molar-refractivity contribution in [3.8, 4) is 11.4 Å². The van der Waals surface area contributed by atoms with Crippen LogP contribution in [0.4, 0.5) is 18.9 Å². The number of thioether (sulfide) groups is 1. The fraction of sp³-hybridized carbons (Fsp3) is 0.167. The van der Waals surface area contributed by atoms with Gasteiger partial charge in [0.05, 0.1) is 23.3 Å². The van der Waals surface area contributed by atoms with Crippen LogP contribution in [-0.4, -0.2) is 21.9 Å². The fourth-order valence-electron chi connectivity index (χ4n) is 3.78. The number of aryl methyl sites for hydroxylation is 1. The van der Waals surface area contributed by atoms with E-state index in [4.69, 9.17) is 17.0 Å². The molecule has 2 heterocycles. The normalized spacial score (nSPS) is 15.6. The summed E-state index contributed by atoms with van der Waals surface area (Å²) >= 11 is 6.62. The Hall–Kier alpha value is -3.04. The zero-order valence-electron chi connectivity index (χ0n) is 17.9. The zero-order chi connectivity index (χ0) is 23.9. The summed E-state index contributed by atoms with van der Waals surface area (Å²) < 4.78 is 47.0. The van der Waals surface area contributed by atoms with Crippen molar-refractivity contribution in [2.75, 3.05) is 12.0 Å². The highest BCUT2D eigenvalue weighted by Crippen LogP contribution is 2.40. The third kappa shape index (κ3) is 4.30. The summed E-state index contributed by atoms with van der Waals surface area (Å²) in [5, 5.41) is 0. The van der Waals surface area contributed by atoms with Crippen LogP contribution < -0.4 is 9.64 Å². The molecule has 1 amide bonds. The molecule has 4 nitrogen and oxygen atoms in total. The number of thiocarbonyl (C=S) groups is 1. The van der Waals surface area contributed by atoms with Crippen molar-refractivity contribution in [2.24, 2.45) is 0 Å². The van der Waals surface area contributed by atoms with Crippen LogP contribution in [0.2, 0.25) is 0 Å². The Morgan fingerprint density at radius 2 is 1.79 bits per heavy atom. The molecule has 1 aromatic heterocycles. The molecule has 0 N–H and O–H groups in total. The Morgan fingerprint density at radius 3 is 2.48 bits per heavy atom. The summed E-state index contributed by atoms with van der Waals surface area (Å²) in [6, 6.07) is 14.1. The molecule has 2 aromatic carbocycles. The molecule has 0 bridgehead atoms. The highest BCUT2D eigenvalue weighted by molar-refractivity contribution is 8.27. The second-order valence-corrected chi connectivity index (χ2v) is 9.07. The third-order valence-electron chi connectivity index (χ3n) is 5.31. The molecule has 9 heteroatoms. The van der Waals surface area contributed by atoms with E-state index in [1.807, 2.05) is 13.0 Å². The molecule has 0 aliphatic carbocycles. The first-order valence-corrected chi connectivity index (χ1v) is 11.1. The van der Waals surface area contributed by atoms with Gasteiger partial charge >= 0.3 is 6.18 Å². The van der Waals surface area contributed by atoms with E-state index < -0.39 is 11.7 Å². The number of carbonyl (C=O) groups excluding carboxylic acids is 1. The summed E-state index contributed by atoms with van der Waals surface area (Å²) in [5.74, 6) is 0.246. The number of hydrogen-bond acceptors (Lipinski definition) is 4. The van der Waals surface area contributed by atoms with Gasteiger partial charge in [-0.25, -0.2) is 0 Å². The van der Waals surface area contributed by atoms with E-state index >= 15 is 0 Å². The average Bonchev–Trinajstić information content (AvgIpc) is 3.21. The van der Waals surface area contributed by atoms with Gasteiger partial charge in [-0.15, -0.1) is 0 Å².